The lowest BCUT2D eigenvalue weighted by molar-refractivity contribution is -0.153. The number of carbonyl (C=O) groups is 1. The molecule has 0 saturated carbocycles. The van der Waals surface area contributed by atoms with E-state index in [1.807, 2.05) is 31.2 Å². The van der Waals surface area contributed by atoms with Crippen molar-refractivity contribution >= 4 is 5.97 Å². The summed E-state index contributed by atoms with van der Waals surface area (Å²) in [6.07, 6.45) is 2.37. The maximum absolute atomic E-state index is 11.6. The van der Waals surface area contributed by atoms with Crippen molar-refractivity contribution in [1.82, 2.24) is 4.90 Å². The van der Waals surface area contributed by atoms with Gasteiger partial charge >= 0.3 is 5.97 Å². The van der Waals surface area contributed by atoms with Crippen molar-refractivity contribution in [2.75, 3.05) is 19.7 Å². The zero-order valence-electron chi connectivity index (χ0n) is 13.0. The van der Waals surface area contributed by atoms with Crippen LogP contribution in [-0.2, 0) is 11.3 Å². The fourth-order valence-electron chi connectivity index (χ4n) is 3.07. The van der Waals surface area contributed by atoms with Gasteiger partial charge in [-0.3, -0.25) is 9.69 Å². The van der Waals surface area contributed by atoms with E-state index in [0.29, 0.717) is 13.0 Å². The Bertz CT molecular complexity index is 570. The van der Waals surface area contributed by atoms with Gasteiger partial charge < -0.3 is 10.2 Å². The number of carboxylic acid groups (broad SMARTS) is 1. The van der Waals surface area contributed by atoms with Crippen LogP contribution in [0.4, 0.5) is 0 Å². The first-order valence-corrected chi connectivity index (χ1v) is 7.74. The van der Waals surface area contributed by atoms with Crippen LogP contribution in [0.5, 0.6) is 0 Å². The predicted octanol–water partition coefficient (Wildman–Crippen LogP) is 2.11. The number of nitrogens with zero attached hydrogens (tertiary/aromatic N) is 1. The monoisotopic (exact) mass is 301 g/mol. The standard InChI is InChI=1S/C18H23NO3/c1-2-18(17(21)22)10-4-11-19(14-18)13-16-8-6-15(7-9-16)5-3-12-20/h6-9,20H,2,4,10-14H2,1H3,(H,21,22)/t18-/m0/s1. The van der Waals surface area contributed by atoms with Crippen LogP contribution >= 0.6 is 0 Å². The van der Waals surface area contributed by atoms with Gasteiger partial charge in [-0.05, 0) is 43.5 Å². The van der Waals surface area contributed by atoms with Gasteiger partial charge in [0.05, 0.1) is 5.41 Å². The molecule has 0 radical (unpaired) electrons. The summed E-state index contributed by atoms with van der Waals surface area (Å²) in [5, 5.41) is 18.2. The Kier molecular flexibility index (Phi) is 5.59. The molecular formula is C18H23NO3. The van der Waals surface area contributed by atoms with Crippen LogP contribution in [0.2, 0.25) is 0 Å². The minimum absolute atomic E-state index is 0.135. The smallest absolute Gasteiger partial charge is 0.310 e. The van der Waals surface area contributed by atoms with E-state index in [9.17, 15) is 9.90 Å². The Morgan fingerprint density at radius 1 is 1.36 bits per heavy atom. The van der Waals surface area contributed by atoms with E-state index < -0.39 is 11.4 Å². The number of carboxylic acids is 1. The molecule has 0 unspecified atom stereocenters. The van der Waals surface area contributed by atoms with Gasteiger partial charge in [0, 0.05) is 18.7 Å². The van der Waals surface area contributed by atoms with E-state index in [1.165, 1.54) is 0 Å². The lowest BCUT2D eigenvalue weighted by Gasteiger charge is -2.39. The van der Waals surface area contributed by atoms with Crippen LogP contribution in [0.15, 0.2) is 24.3 Å². The van der Waals surface area contributed by atoms with Crippen molar-refractivity contribution in [2.24, 2.45) is 5.41 Å². The van der Waals surface area contributed by atoms with Gasteiger partial charge in [0.15, 0.2) is 0 Å². The molecular weight excluding hydrogens is 278 g/mol. The maximum Gasteiger partial charge on any atom is 0.310 e. The first-order chi connectivity index (χ1) is 10.6. The van der Waals surface area contributed by atoms with Gasteiger partial charge in [0.1, 0.15) is 6.61 Å². The van der Waals surface area contributed by atoms with Crippen LogP contribution in [0, 0.1) is 17.3 Å². The van der Waals surface area contributed by atoms with E-state index in [0.717, 1.165) is 37.1 Å². The van der Waals surface area contributed by atoms with E-state index in [-0.39, 0.29) is 6.61 Å². The highest BCUT2D eigenvalue weighted by Gasteiger charge is 2.40. The molecule has 118 valence electrons. The average molecular weight is 301 g/mol. The molecule has 1 saturated heterocycles. The molecule has 1 fully saturated rings. The normalized spacial score (nSPS) is 21.9. The summed E-state index contributed by atoms with van der Waals surface area (Å²) in [5.74, 6) is 4.83. The number of aliphatic hydroxyl groups excluding tert-OH is 1. The van der Waals surface area contributed by atoms with Crippen LogP contribution in [0.25, 0.3) is 0 Å². The third-order valence-corrected chi connectivity index (χ3v) is 4.46. The lowest BCUT2D eigenvalue weighted by atomic mass is 9.77. The van der Waals surface area contributed by atoms with Gasteiger partial charge in [-0.2, -0.15) is 0 Å². The second-order valence-electron chi connectivity index (χ2n) is 5.91. The van der Waals surface area contributed by atoms with Crippen molar-refractivity contribution in [3.05, 3.63) is 35.4 Å². The Balaban J connectivity index is 2.02. The summed E-state index contributed by atoms with van der Waals surface area (Å²) >= 11 is 0. The molecule has 0 spiro atoms. The summed E-state index contributed by atoms with van der Waals surface area (Å²) in [6.45, 7) is 4.16. The number of piperidine rings is 1. The van der Waals surface area contributed by atoms with Gasteiger partial charge in [-0.1, -0.05) is 30.9 Å². The third kappa shape index (κ3) is 3.88. The molecule has 1 atom stereocenters. The first kappa shape index (κ1) is 16.5. The number of rotatable bonds is 4. The second-order valence-corrected chi connectivity index (χ2v) is 5.91. The second kappa shape index (κ2) is 7.44. The zero-order valence-corrected chi connectivity index (χ0v) is 13.0. The van der Waals surface area contributed by atoms with E-state index in [4.69, 9.17) is 5.11 Å². The van der Waals surface area contributed by atoms with Gasteiger partial charge in [0.25, 0.3) is 0 Å². The largest absolute Gasteiger partial charge is 0.481 e. The number of benzene rings is 1. The summed E-state index contributed by atoms with van der Waals surface area (Å²) in [4.78, 5) is 13.8. The summed E-state index contributed by atoms with van der Waals surface area (Å²) < 4.78 is 0. The Labute approximate surface area is 131 Å². The number of aliphatic carboxylic acids is 1. The van der Waals surface area contributed by atoms with E-state index in [2.05, 4.69) is 16.7 Å². The fraction of sp³-hybridized carbons (Fsp3) is 0.500. The minimum atomic E-state index is -0.672. The molecule has 1 heterocycles. The van der Waals surface area contributed by atoms with Crippen molar-refractivity contribution in [3.8, 4) is 11.8 Å². The summed E-state index contributed by atoms with van der Waals surface area (Å²) in [5.41, 5.74) is 1.45. The third-order valence-electron chi connectivity index (χ3n) is 4.46. The molecule has 1 aliphatic heterocycles. The predicted molar refractivity (Wildman–Crippen MR) is 85.3 cm³/mol. The molecule has 0 amide bonds. The highest BCUT2D eigenvalue weighted by molar-refractivity contribution is 5.75. The van der Waals surface area contributed by atoms with Gasteiger partial charge in [-0.15, -0.1) is 0 Å². The van der Waals surface area contributed by atoms with E-state index in [1.54, 1.807) is 0 Å². The van der Waals surface area contributed by atoms with Crippen molar-refractivity contribution < 1.29 is 15.0 Å². The van der Waals surface area contributed by atoms with Crippen molar-refractivity contribution in [1.29, 1.82) is 0 Å². The first-order valence-electron chi connectivity index (χ1n) is 7.74. The molecule has 2 rings (SSSR count). The number of hydrogen-bond acceptors (Lipinski definition) is 3. The molecule has 4 nitrogen and oxygen atoms in total. The van der Waals surface area contributed by atoms with Crippen LogP contribution in [0.3, 0.4) is 0 Å². The van der Waals surface area contributed by atoms with Crippen LogP contribution in [-0.4, -0.2) is 40.8 Å². The molecule has 1 aromatic rings. The highest BCUT2D eigenvalue weighted by Crippen LogP contribution is 2.34. The zero-order chi connectivity index (χ0) is 16.0. The molecule has 0 bridgehead atoms. The van der Waals surface area contributed by atoms with Gasteiger partial charge in [0.2, 0.25) is 0 Å². The molecule has 1 aromatic carbocycles. The number of aliphatic hydroxyl groups is 1. The molecule has 22 heavy (non-hydrogen) atoms. The molecule has 1 aliphatic rings. The number of hydrogen-bond donors (Lipinski definition) is 2. The molecule has 0 aromatic heterocycles. The topological polar surface area (TPSA) is 60.8 Å². The van der Waals surface area contributed by atoms with Crippen LogP contribution in [0.1, 0.15) is 37.3 Å². The number of likely N-dealkylation sites (tertiary alicyclic amines) is 1. The molecule has 0 aliphatic carbocycles. The molecule has 2 N–H and O–H groups in total. The minimum Gasteiger partial charge on any atom is -0.481 e. The quantitative estimate of drug-likeness (QED) is 0.836. The Hall–Kier alpha value is -1.83. The highest BCUT2D eigenvalue weighted by atomic mass is 16.4. The Morgan fingerprint density at radius 3 is 2.68 bits per heavy atom. The van der Waals surface area contributed by atoms with E-state index >= 15 is 0 Å². The lowest BCUT2D eigenvalue weighted by Crippen LogP contribution is -2.47. The average Bonchev–Trinajstić information content (AvgIpc) is 2.54. The van der Waals surface area contributed by atoms with Crippen molar-refractivity contribution in [3.63, 3.8) is 0 Å². The fourth-order valence-corrected chi connectivity index (χ4v) is 3.07. The van der Waals surface area contributed by atoms with Gasteiger partial charge in [-0.25, -0.2) is 0 Å². The molecule has 4 heteroatoms. The summed E-state index contributed by atoms with van der Waals surface area (Å²) in [6, 6.07) is 7.91. The maximum atomic E-state index is 11.6. The SMILES string of the molecule is CC[C@]1(C(=O)O)CCCN(Cc2ccc(C#CCO)cc2)C1. The Morgan fingerprint density at radius 2 is 2.09 bits per heavy atom. The van der Waals surface area contributed by atoms with Crippen LogP contribution < -0.4 is 0 Å². The van der Waals surface area contributed by atoms with Crippen molar-refractivity contribution in [2.45, 2.75) is 32.7 Å². The summed E-state index contributed by atoms with van der Waals surface area (Å²) in [7, 11) is 0.